The van der Waals surface area contributed by atoms with Crippen LogP contribution in [-0.4, -0.2) is 22.7 Å². The largest absolute Gasteiger partial charge is 0.423 e. The van der Waals surface area contributed by atoms with E-state index in [-0.39, 0.29) is 5.91 Å². The molecule has 0 aliphatic heterocycles. The van der Waals surface area contributed by atoms with Crippen LogP contribution in [0.5, 0.6) is 5.75 Å². The molecule has 0 saturated carbocycles. The number of carbonyl (C=O) groups is 2. The number of aryl methyl sites for hydroxylation is 2. The summed E-state index contributed by atoms with van der Waals surface area (Å²) in [6.07, 6.45) is 1.53. The SMILES string of the molecule is Cc1ccc(C)n1-c1ccc(C(=O)NN=Cc2ccc(OC(=O)c3ccc(Br)cc3)cc2)cc1. The molecule has 4 aromatic rings. The van der Waals surface area contributed by atoms with Crippen LogP contribution in [0.15, 0.2) is 94.5 Å². The number of hydrazone groups is 1. The predicted octanol–water partition coefficient (Wildman–Crippen LogP) is 5.84. The maximum Gasteiger partial charge on any atom is 0.343 e. The van der Waals surface area contributed by atoms with E-state index in [1.165, 1.54) is 6.21 Å². The highest BCUT2D eigenvalue weighted by atomic mass is 79.9. The molecule has 0 saturated heterocycles. The first-order valence-electron chi connectivity index (χ1n) is 10.6. The minimum absolute atomic E-state index is 0.302. The summed E-state index contributed by atoms with van der Waals surface area (Å²) in [6.45, 7) is 4.09. The zero-order valence-electron chi connectivity index (χ0n) is 18.7. The number of halogens is 1. The number of carbonyl (C=O) groups excluding carboxylic acids is 2. The van der Waals surface area contributed by atoms with E-state index in [1.807, 2.05) is 26.0 Å². The fourth-order valence-electron chi connectivity index (χ4n) is 3.44. The summed E-state index contributed by atoms with van der Waals surface area (Å²) in [6, 6.07) is 25.2. The van der Waals surface area contributed by atoms with Gasteiger partial charge in [0, 0.05) is 27.1 Å². The van der Waals surface area contributed by atoms with E-state index in [2.05, 4.69) is 43.2 Å². The maximum absolute atomic E-state index is 12.4. The van der Waals surface area contributed by atoms with Crippen molar-refractivity contribution in [2.45, 2.75) is 13.8 Å². The Labute approximate surface area is 206 Å². The zero-order chi connectivity index (χ0) is 24.1. The van der Waals surface area contributed by atoms with E-state index >= 15 is 0 Å². The molecule has 0 spiro atoms. The van der Waals surface area contributed by atoms with Crippen LogP contribution in [0, 0.1) is 13.8 Å². The van der Waals surface area contributed by atoms with Gasteiger partial charge in [-0.2, -0.15) is 5.10 Å². The summed E-state index contributed by atoms with van der Waals surface area (Å²) in [7, 11) is 0. The third kappa shape index (κ3) is 5.50. The molecule has 0 fully saturated rings. The summed E-state index contributed by atoms with van der Waals surface area (Å²) in [5, 5.41) is 4.02. The average molecular weight is 516 g/mol. The monoisotopic (exact) mass is 515 g/mol. The lowest BCUT2D eigenvalue weighted by Gasteiger charge is -2.10. The number of amides is 1. The number of nitrogens with zero attached hydrogens (tertiary/aromatic N) is 2. The van der Waals surface area contributed by atoms with Crippen LogP contribution < -0.4 is 10.2 Å². The quantitative estimate of drug-likeness (QED) is 0.152. The van der Waals surface area contributed by atoms with Crippen molar-refractivity contribution in [3.8, 4) is 11.4 Å². The lowest BCUT2D eigenvalue weighted by molar-refractivity contribution is 0.0734. The second-order valence-corrected chi connectivity index (χ2v) is 8.58. The van der Waals surface area contributed by atoms with E-state index in [0.717, 1.165) is 27.1 Å². The lowest BCUT2D eigenvalue weighted by atomic mass is 10.2. The molecule has 1 amide bonds. The number of hydrogen-bond donors (Lipinski definition) is 1. The Morgan fingerprint density at radius 2 is 1.41 bits per heavy atom. The molecule has 0 atom stereocenters. The first kappa shape index (κ1) is 23.2. The Morgan fingerprint density at radius 1 is 0.824 bits per heavy atom. The van der Waals surface area contributed by atoms with E-state index in [0.29, 0.717) is 16.9 Å². The van der Waals surface area contributed by atoms with Crippen LogP contribution in [0.2, 0.25) is 0 Å². The van der Waals surface area contributed by atoms with Crippen molar-refractivity contribution in [1.82, 2.24) is 9.99 Å². The van der Waals surface area contributed by atoms with Gasteiger partial charge in [-0.25, -0.2) is 10.2 Å². The van der Waals surface area contributed by atoms with Crippen molar-refractivity contribution in [2.75, 3.05) is 0 Å². The third-order valence-corrected chi connectivity index (χ3v) is 5.74. The molecule has 0 radical (unpaired) electrons. The summed E-state index contributed by atoms with van der Waals surface area (Å²) >= 11 is 3.34. The molecule has 0 bridgehead atoms. The first-order valence-corrected chi connectivity index (χ1v) is 11.4. The van der Waals surface area contributed by atoms with Crippen molar-refractivity contribution in [2.24, 2.45) is 5.10 Å². The Balaban J connectivity index is 1.33. The standard InChI is InChI=1S/C27H22BrN3O3/c1-18-3-4-19(2)31(18)24-13-9-21(10-14-24)26(32)30-29-17-20-5-15-25(16-6-20)34-27(33)22-7-11-23(28)12-8-22/h3-17H,1-2H3,(H,30,32). The molecule has 1 N–H and O–H groups in total. The fraction of sp³-hybridized carbons (Fsp3) is 0.0741. The van der Waals surface area contributed by atoms with Crippen LogP contribution in [0.1, 0.15) is 37.7 Å². The highest BCUT2D eigenvalue weighted by molar-refractivity contribution is 9.10. The molecule has 170 valence electrons. The zero-order valence-corrected chi connectivity index (χ0v) is 20.2. The van der Waals surface area contributed by atoms with Crippen molar-refractivity contribution < 1.29 is 14.3 Å². The average Bonchev–Trinajstić information content (AvgIpc) is 3.18. The minimum atomic E-state index is -0.436. The van der Waals surface area contributed by atoms with Crippen molar-refractivity contribution in [1.29, 1.82) is 0 Å². The summed E-state index contributed by atoms with van der Waals surface area (Å²) in [5.41, 5.74) is 7.52. The van der Waals surface area contributed by atoms with Crippen molar-refractivity contribution in [3.05, 3.63) is 117 Å². The third-order valence-electron chi connectivity index (χ3n) is 5.21. The van der Waals surface area contributed by atoms with Gasteiger partial charge in [0.25, 0.3) is 5.91 Å². The van der Waals surface area contributed by atoms with E-state index in [1.54, 1.807) is 60.7 Å². The summed E-state index contributed by atoms with van der Waals surface area (Å²) in [5.74, 6) is -0.319. The van der Waals surface area contributed by atoms with Crippen LogP contribution in [0.3, 0.4) is 0 Å². The Hall–Kier alpha value is -3.97. The molecular weight excluding hydrogens is 494 g/mol. The summed E-state index contributed by atoms with van der Waals surface area (Å²) in [4.78, 5) is 24.6. The minimum Gasteiger partial charge on any atom is -0.423 e. The van der Waals surface area contributed by atoms with Crippen molar-refractivity contribution in [3.63, 3.8) is 0 Å². The van der Waals surface area contributed by atoms with Gasteiger partial charge in [-0.05, 0) is 104 Å². The van der Waals surface area contributed by atoms with Gasteiger partial charge in [0.15, 0.2) is 0 Å². The van der Waals surface area contributed by atoms with Gasteiger partial charge in [-0.3, -0.25) is 4.79 Å². The highest BCUT2D eigenvalue weighted by Crippen LogP contribution is 2.17. The van der Waals surface area contributed by atoms with Crippen LogP contribution in [0.25, 0.3) is 5.69 Å². The number of aromatic nitrogens is 1. The molecular formula is C27H22BrN3O3. The van der Waals surface area contributed by atoms with E-state index < -0.39 is 5.97 Å². The van der Waals surface area contributed by atoms with Crippen LogP contribution >= 0.6 is 15.9 Å². The second-order valence-electron chi connectivity index (χ2n) is 7.66. The number of benzene rings is 3. The molecule has 34 heavy (non-hydrogen) atoms. The number of nitrogens with one attached hydrogen (secondary N) is 1. The molecule has 0 unspecified atom stereocenters. The van der Waals surface area contributed by atoms with Gasteiger partial charge in [0.2, 0.25) is 0 Å². The van der Waals surface area contributed by atoms with Crippen LogP contribution in [0.4, 0.5) is 0 Å². The van der Waals surface area contributed by atoms with Crippen LogP contribution in [-0.2, 0) is 0 Å². The Kier molecular flexibility index (Phi) is 7.04. The Morgan fingerprint density at radius 3 is 2.03 bits per heavy atom. The first-order chi connectivity index (χ1) is 16.4. The molecule has 1 aromatic heterocycles. The number of esters is 1. The van der Waals surface area contributed by atoms with Gasteiger partial charge < -0.3 is 9.30 Å². The number of ether oxygens (including phenoxy) is 1. The predicted molar refractivity (Wildman–Crippen MR) is 136 cm³/mol. The number of hydrogen-bond acceptors (Lipinski definition) is 4. The fourth-order valence-corrected chi connectivity index (χ4v) is 3.71. The van der Waals surface area contributed by atoms with Gasteiger partial charge in [0.05, 0.1) is 11.8 Å². The van der Waals surface area contributed by atoms with Crippen molar-refractivity contribution >= 4 is 34.0 Å². The van der Waals surface area contributed by atoms with Gasteiger partial charge >= 0.3 is 5.97 Å². The van der Waals surface area contributed by atoms with Gasteiger partial charge in [-0.15, -0.1) is 0 Å². The maximum atomic E-state index is 12.4. The molecule has 7 heteroatoms. The normalized spacial score (nSPS) is 10.9. The summed E-state index contributed by atoms with van der Waals surface area (Å²) < 4.78 is 8.39. The Bertz CT molecular complexity index is 1320. The molecule has 6 nitrogen and oxygen atoms in total. The van der Waals surface area contributed by atoms with Gasteiger partial charge in [0.1, 0.15) is 5.75 Å². The second kappa shape index (κ2) is 10.3. The smallest absolute Gasteiger partial charge is 0.343 e. The lowest BCUT2D eigenvalue weighted by Crippen LogP contribution is -2.17. The van der Waals surface area contributed by atoms with E-state index in [9.17, 15) is 9.59 Å². The topological polar surface area (TPSA) is 72.7 Å². The molecule has 1 heterocycles. The number of rotatable bonds is 6. The highest BCUT2D eigenvalue weighted by Gasteiger charge is 2.09. The van der Waals surface area contributed by atoms with E-state index in [4.69, 9.17) is 4.74 Å². The molecule has 4 rings (SSSR count). The molecule has 0 aliphatic rings. The molecule has 3 aromatic carbocycles. The molecule has 0 aliphatic carbocycles. The van der Waals surface area contributed by atoms with Gasteiger partial charge in [-0.1, -0.05) is 15.9 Å².